The number of nitrogens with two attached hydrogens (primary N) is 2. The molecule has 3 heterocycles. The van der Waals surface area contributed by atoms with Gasteiger partial charge in [0.15, 0.2) is 6.04 Å². The molecular formula is C40H64N12O15. The number of carboxylic acids is 1. The number of carbonyl (C=O) groups excluding carboxylic acids is 9. The maximum Gasteiger partial charge on any atom is 0.328 e. The first kappa shape index (κ1) is 55.0. The van der Waals surface area contributed by atoms with Gasteiger partial charge in [0.25, 0.3) is 0 Å². The molecule has 3 rings (SSSR count). The van der Waals surface area contributed by atoms with Crippen LogP contribution in [-0.2, 0) is 54.4 Å². The second-order valence-corrected chi connectivity index (χ2v) is 16.8. The van der Waals surface area contributed by atoms with Gasteiger partial charge in [0.05, 0.1) is 31.7 Å². The summed E-state index contributed by atoms with van der Waals surface area (Å²) < 4.78 is 0. The molecule has 0 bridgehead atoms. The van der Waals surface area contributed by atoms with Gasteiger partial charge < -0.3 is 83.7 Å². The number of aliphatic hydroxyl groups is 4. The number of aliphatic hydroxyl groups excluding tert-OH is 4. The quantitative estimate of drug-likeness (QED) is 0.0433. The number of carboxylic acid groups (broad SMARTS) is 1. The van der Waals surface area contributed by atoms with E-state index in [1.165, 1.54) is 29.2 Å². The first-order valence-corrected chi connectivity index (χ1v) is 21.8. The van der Waals surface area contributed by atoms with Crippen molar-refractivity contribution in [1.82, 2.24) is 51.7 Å². The summed E-state index contributed by atoms with van der Waals surface area (Å²) in [6.45, 7) is 3.99. The average molecular weight is 953 g/mol. The van der Waals surface area contributed by atoms with Crippen molar-refractivity contribution >= 4 is 59.1 Å². The fourth-order valence-corrected chi connectivity index (χ4v) is 7.50. The predicted octanol–water partition coefficient (Wildman–Crippen LogP) is -7.08. The van der Waals surface area contributed by atoms with Gasteiger partial charge in [-0.2, -0.15) is 0 Å². The lowest BCUT2D eigenvalue weighted by Gasteiger charge is -2.34. The summed E-state index contributed by atoms with van der Waals surface area (Å²) in [5, 5.41) is 63.2. The highest BCUT2D eigenvalue weighted by Gasteiger charge is 2.45. The average Bonchev–Trinajstić information content (AvgIpc) is 4.08. The summed E-state index contributed by atoms with van der Waals surface area (Å²) in [6.07, 6.45) is -0.232. The number of likely N-dealkylation sites (tertiary alicyclic amines) is 2. The number of hydrogen-bond acceptors (Lipinski definition) is 16. The van der Waals surface area contributed by atoms with Crippen molar-refractivity contribution in [3.8, 4) is 0 Å². The first-order valence-electron chi connectivity index (χ1n) is 21.8. The standard InChI is InChI=1S/C40H64N12O15/c1-18(2)29(39(65)52-12-6-8-27(52)38(64)51-11-5-7-26(51)36(62)50-31(20(4)56)40(66)67)48-34(60)24(13-21-14-43-17-44-21)46-37(63)30(19(3)55)49-35(61)25(16-54)47-33(59)23(9-10-28(42)57)45-32(58)22(41)15-53/h14,17-20,22-27,29-31,53-56H,5-13,15-16,41H2,1-4H3,(H2,42,57)(H,43,44)(H,45,58)(H,46,63)(H,47,59)(H,48,60)(H,49,61)(H,50,62)(H,66,67)/t19-,20-,22+,23+,24+,25+,26+,27+,29+,30+,31+/m1/s1. The van der Waals surface area contributed by atoms with E-state index in [-0.39, 0.29) is 38.8 Å². The smallest absolute Gasteiger partial charge is 0.328 e. The first-order chi connectivity index (χ1) is 31.5. The number of carbonyl (C=O) groups is 10. The van der Waals surface area contributed by atoms with Gasteiger partial charge in [0.2, 0.25) is 53.2 Å². The summed E-state index contributed by atoms with van der Waals surface area (Å²) in [5.74, 6) is -10.2. The summed E-state index contributed by atoms with van der Waals surface area (Å²) >= 11 is 0. The Labute approximate surface area is 384 Å². The summed E-state index contributed by atoms with van der Waals surface area (Å²) in [6, 6.07) is -13.1. The van der Waals surface area contributed by atoms with Crippen LogP contribution in [0, 0.1) is 5.92 Å². The zero-order valence-corrected chi connectivity index (χ0v) is 37.7. The van der Waals surface area contributed by atoms with Crippen LogP contribution in [0.1, 0.15) is 71.9 Å². The van der Waals surface area contributed by atoms with E-state index in [2.05, 4.69) is 41.9 Å². The van der Waals surface area contributed by atoms with Gasteiger partial charge >= 0.3 is 5.97 Å². The van der Waals surface area contributed by atoms with Gasteiger partial charge in [-0.05, 0) is 51.9 Å². The Bertz CT molecular complexity index is 1930. The Hall–Kier alpha value is -6.29. The second-order valence-electron chi connectivity index (χ2n) is 16.8. The van der Waals surface area contributed by atoms with Crippen LogP contribution in [0.3, 0.4) is 0 Å². The number of nitrogens with zero attached hydrogens (tertiary/aromatic N) is 3. The number of aromatic amines is 1. The van der Waals surface area contributed by atoms with Crippen LogP contribution in [0.4, 0.5) is 0 Å². The molecule has 11 atom stereocenters. The lowest BCUT2D eigenvalue weighted by molar-refractivity contribution is -0.150. The highest BCUT2D eigenvalue weighted by atomic mass is 16.4. The van der Waals surface area contributed by atoms with Crippen LogP contribution in [0.25, 0.3) is 0 Å². The van der Waals surface area contributed by atoms with Gasteiger partial charge in [0.1, 0.15) is 48.3 Å². The van der Waals surface area contributed by atoms with Crippen LogP contribution in [-0.4, -0.2) is 197 Å². The monoisotopic (exact) mass is 952 g/mol. The van der Waals surface area contributed by atoms with Gasteiger partial charge in [-0.3, -0.25) is 43.2 Å². The van der Waals surface area contributed by atoms with Gasteiger partial charge in [0, 0.05) is 37.8 Å². The Morgan fingerprint density at radius 1 is 0.716 bits per heavy atom. The minimum absolute atomic E-state index is 0.113. The molecule has 9 amide bonds. The topological polar surface area (TPSA) is 431 Å². The van der Waals surface area contributed by atoms with Gasteiger partial charge in [-0.1, -0.05) is 13.8 Å². The molecule has 2 fully saturated rings. The Morgan fingerprint density at radius 2 is 1.27 bits per heavy atom. The molecule has 16 N–H and O–H groups in total. The van der Waals surface area contributed by atoms with E-state index < -0.39 is 151 Å². The normalized spacial score (nSPS) is 19.9. The van der Waals surface area contributed by atoms with Gasteiger partial charge in [-0.25, -0.2) is 9.78 Å². The van der Waals surface area contributed by atoms with E-state index in [4.69, 9.17) is 11.5 Å². The highest BCUT2D eigenvalue weighted by Crippen LogP contribution is 2.27. The largest absolute Gasteiger partial charge is 0.480 e. The number of H-pyrrole nitrogens is 1. The third-order valence-electron chi connectivity index (χ3n) is 11.3. The SMILES string of the molecule is CC(C)[C@H](NC(=O)[C@H](Cc1cnc[nH]1)NC(=O)[C@@H](NC(=O)[C@H](CO)NC(=O)[C@H](CCC(N)=O)NC(=O)[C@@H](N)CO)[C@@H](C)O)C(=O)N1CCC[C@H]1C(=O)N1CCC[C@H]1C(=O)N[C@H](C(=O)O)[C@@H](C)O. The molecule has 2 saturated heterocycles. The zero-order valence-electron chi connectivity index (χ0n) is 37.7. The molecule has 27 heteroatoms. The molecule has 374 valence electrons. The van der Waals surface area contributed by atoms with E-state index in [9.17, 15) is 73.5 Å². The number of hydrogen-bond donors (Lipinski definition) is 14. The van der Waals surface area contributed by atoms with Crippen molar-refractivity contribution in [2.75, 3.05) is 26.3 Å². The lowest BCUT2D eigenvalue weighted by atomic mass is 10.0. The molecule has 27 nitrogen and oxygen atoms in total. The molecule has 1 aromatic heterocycles. The predicted molar refractivity (Wildman–Crippen MR) is 230 cm³/mol. The molecular weight excluding hydrogens is 889 g/mol. The lowest BCUT2D eigenvalue weighted by Crippen LogP contribution is -2.63. The van der Waals surface area contributed by atoms with E-state index >= 15 is 0 Å². The van der Waals surface area contributed by atoms with Crippen LogP contribution in [0.15, 0.2) is 12.5 Å². The van der Waals surface area contributed by atoms with Crippen molar-refractivity contribution in [2.24, 2.45) is 17.4 Å². The van der Waals surface area contributed by atoms with E-state index in [0.717, 1.165) is 6.92 Å². The Morgan fingerprint density at radius 3 is 1.81 bits per heavy atom. The molecule has 67 heavy (non-hydrogen) atoms. The Kier molecular flexibility index (Phi) is 21.0. The van der Waals surface area contributed by atoms with Crippen molar-refractivity contribution in [3.63, 3.8) is 0 Å². The summed E-state index contributed by atoms with van der Waals surface area (Å²) in [4.78, 5) is 141. The highest BCUT2D eigenvalue weighted by molar-refractivity contribution is 5.98. The summed E-state index contributed by atoms with van der Waals surface area (Å²) in [7, 11) is 0. The van der Waals surface area contributed by atoms with E-state index in [1.54, 1.807) is 13.8 Å². The number of nitrogens with one attached hydrogen (secondary N) is 7. The fraction of sp³-hybridized carbons (Fsp3) is 0.675. The molecule has 2 aliphatic heterocycles. The van der Waals surface area contributed by atoms with Crippen molar-refractivity contribution in [3.05, 3.63) is 18.2 Å². The molecule has 0 radical (unpaired) electrons. The van der Waals surface area contributed by atoms with Gasteiger partial charge in [-0.15, -0.1) is 0 Å². The zero-order chi connectivity index (χ0) is 50.3. The molecule has 1 aromatic rings. The number of aromatic nitrogens is 2. The van der Waals surface area contributed by atoms with Crippen molar-refractivity contribution in [2.45, 2.75) is 139 Å². The Balaban J connectivity index is 1.79. The maximum absolute atomic E-state index is 14.3. The number of amides is 9. The second kappa shape index (κ2) is 25.6. The number of aliphatic carboxylic acids is 1. The number of imidazole rings is 1. The van der Waals surface area contributed by atoms with Crippen LogP contribution >= 0.6 is 0 Å². The molecule has 0 spiro atoms. The molecule has 0 aliphatic carbocycles. The summed E-state index contributed by atoms with van der Waals surface area (Å²) in [5.41, 5.74) is 11.0. The van der Waals surface area contributed by atoms with Crippen molar-refractivity contribution < 1.29 is 73.5 Å². The minimum Gasteiger partial charge on any atom is -0.480 e. The van der Waals surface area contributed by atoms with Crippen LogP contribution < -0.4 is 43.4 Å². The molecule has 0 aromatic carbocycles. The third-order valence-corrected chi connectivity index (χ3v) is 11.3. The van der Waals surface area contributed by atoms with Crippen molar-refractivity contribution in [1.29, 1.82) is 0 Å². The minimum atomic E-state index is -1.83. The van der Waals surface area contributed by atoms with E-state index in [1.807, 2.05) is 0 Å². The van der Waals surface area contributed by atoms with Crippen LogP contribution in [0.5, 0.6) is 0 Å². The van der Waals surface area contributed by atoms with Crippen LogP contribution in [0.2, 0.25) is 0 Å². The fourth-order valence-electron chi connectivity index (χ4n) is 7.50. The number of rotatable bonds is 25. The third kappa shape index (κ3) is 15.4. The molecule has 2 aliphatic rings. The molecule has 0 unspecified atom stereocenters. The molecule has 0 saturated carbocycles. The maximum atomic E-state index is 14.3. The van der Waals surface area contributed by atoms with E-state index in [0.29, 0.717) is 18.5 Å². The number of primary amides is 1.